The van der Waals surface area contributed by atoms with E-state index in [1.165, 1.54) is 11.3 Å². The van der Waals surface area contributed by atoms with Crippen molar-refractivity contribution in [2.24, 2.45) is 11.7 Å². The van der Waals surface area contributed by atoms with Gasteiger partial charge < -0.3 is 10.6 Å². The van der Waals surface area contributed by atoms with Gasteiger partial charge in [0.2, 0.25) is 0 Å². The van der Waals surface area contributed by atoms with E-state index in [4.69, 9.17) is 18.0 Å². The lowest BCUT2D eigenvalue weighted by Gasteiger charge is -2.36. The van der Waals surface area contributed by atoms with E-state index in [-0.39, 0.29) is 0 Å². The molecule has 2 nitrogen and oxygen atoms in total. The number of hydrogen-bond acceptors (Lipinski definition) is 2. The van der Waals surface area contributed by atoms with E-state index in [1.54, 1.807) is 0 Å². The van der Waals surface area contributed by atoms with E-state index in [0.29, 0.717) is 16.9 Å². The van der Waals surface area contributed by atoms with Crippen molar-refractivity contribution in [2.45, 2.75) is 53.5 Å². The fourth-order valence-corrected chi connectivity index (χ4v) is 2.95. The first-order valence-corrected chi connectivity index (χ1v) is 7.99. The van der Waals surface area contributed by atoms with E-state index in [2.05, 4.69) is 45.6 Å². The van der Waals surface area contributed by atoms with Gasteiger partial charge in [0.15, 0.2) is 0 Å². The first kappa shape index (κ1) is 17.0. The summed E-state index contributed by atoms with van der Waals surface area (Å²) >= 11 is 5.25. The van der Waals surface area contributed by atoms with Crippen LogP contribution < -0.4 is 10.6 Å². The summed E-state index contributed by atoms with van der Waals surface area (Å²) in [6.07, 6.45) is 2.27. The molecule has 0 aliphatic carbocycles. The molecular formula is C17H28N2S. The summed E-state index contributed by atoms with van der Waals surface area (Å²) in [6.45, 7) is 12.2. The van der Waals surface area contributed by atoms with E-state index < -0.39 is 0 Å². The summed E-state index contributed by atoms with van der Waals surface area (Å²) < 4.78 is 0. The number of hydrogen-bond donors (Lipinski definition) is 1. The number of nitrogens with two attached hydrogens (primary N) is 1. The van der Waals surface area contributed by atoms with Gasteiger partial charge in [-0.3, -0.25) is 0 Å². The number of nitrogens with zero attached hydrogens (tertiary/aromatic N) is 1. The molecule has 20 heavy (non-hydrogen) atoms. The zero-order chi connectivity index (χ0) is 15.3. The molecule has 1 aromatic carbocycles. The van der Waals surface area contributed by atoms with Crippen molar-refractivity contribution in [3.63, 3.8) is 0 Å². The molecule has 2 N–H and O–H groups in total. The van der Waals surface area contributed by atoms with Crippen molar-refractivity contribution in [3.05, 3.63) is 29.3 Å². The van der Waals surface area contributed by atoms with Crippen molar-refractivity contribution in [3.8, 4) is 0 Å². The Morgan fingerprint density at radius 3 is 2.30 bits per heavy atom. The van der Waals surface area contributed by atoms with Gasteiger partial charge in [-0.1, -0.05) is 52.0 Å². The molecule has 3 heteroatoms. The number of thiocarbonyl (C=S) groups is 1. The van der Waals surface area contributed by atoms with Gasteiger partial charge >= 0.3 is 0 Å². The van der Waals surface area contributed by atoms with Crippen LogP contribution in [0.5, 0.6) is 0 Å². The van der Waals surface area contributed by atoms with Crippen molar-refractivity contribution in [1.82, 2.24) is 0 Å². The number of anilines is 1. The smallest absolute Gasteiger partial charge is 0.106 e. The van der Waals surface area contributed by atoms with E-state index >= 15 is 0 Å². The minimum Gasteiger partial charge on any atom is -0.389 e. The van der Waals surface area contributed by atoms with Gasteiger partial charge in [0, 0.05) is 18.2 Å². The Morgan fingerprint density at radius 1 is 1.25 bits per heavy atom. The molecule has 0 atom stereocenters. The van der Waals surface area contributed by atoms with Gasteiger partial charge in [0.25, 0.3) is 0 Å². The molecule has 0 fully saturated rings. The average Bonchev–Trinajstić information content (AvgIpc) is 2.38. The first-order valence-electron chi connectivity index (χ1n) is 7.58. The second kappa shape index (κ2) is 7.63. The maximum Gasteiger partial charge on any atom is 0.106 e. The molecule has 0 radical (unpaired) electrons. The summed E-state index contributed by atoms with van der Waals surface area (Å²) in [7, 11) is 0. The highest BCUT2D eigenvalue weighted by atomic mass is 32.1. The molecule has 0 amide bonds. The molecule has 0 heterocycles. The SMILES string of the molecule is CCC(CC)N(CC(C)C)c1c(C)cccc1C(N)=S. The Bertz CT molecular complexity index is 450. The van der Waals surface area contributed by atoms with Gasteiger partial charge in [0.05, 0.1) is 5.69 Å². The van der Waals surface area contributed by atoms with Crippen LogP contribution in [0.1, 0.15) is 51.7 Å². The molecular weight excluding hydrogens is 264 g/mol. The predicted molar refractivity (Wildman–Crippen MR) is 93.6 cm³/mol. The highest BCUT2D eigenvalue weighted by Crippen LogP contribution is 2.29. The van der Waals surface area contributed by atoms with Gasteiger partial charge in [0.1, 0.15) is 4.99 Å². The zero-order valence-electron chi connectivity index (χ0n) is 13.4. The standard InChI is InChI=1S/C17H28N2S/c1-6-14(7-2)19(11-12(3)4)16-13(5)9-8-10-15(16)17(18)20/h8-10,12,14H,6-7,11H2,1-5H3,(H2,18,20). The summed E-state index contributed by atoms with van der Waals surface area (Å²) in [4.78, 5) is 3.00. The van der Waals surface area contributed by atoms with Crippen LogP contribution in [-0.4, -0.2) is 17.6 Å². The Labute approximate surface area is 129 Å². The summed E-state index contributed by atoms with van der Waals surface area (Å²) in [5.41, 5.74) is 9.42. The van der Waals surface area contributed by atoms with E-state index in [9.17, 15) is 0 Å². The highest BCUT2D eigenvalue weighted by Gasteiger charge is 2.22. The number of para-hydroxylation sites is 1. The maximum absolute atomic E-state index is 5.94. The number of benzene rings is 1. The topological polar surface area (TPSA) is 29.3 Å². The van der Waals surface area contributed by atoms with Gasteiger partial charge in [-0.15, -0.1) is 0 Å². The summed E-state index contributed by atoms with van der Waals surface area (Å²) in [6, 6.07) is 6.76. The van der Waals surface area contributed by atoms with Gasteiger partial charge in [-0.2, -0.15) is 0 Å². The maximum atomic E-state index is 5.94. The lowest BCUT2D eigenvalue weighted by Crippen LogP contribution is -2.39. The second-order valence-corrected chi connectivity index (χ2v) is 6.29. The molecule has 0 saturated carbocycles. The molecule has 0 aromatic heterocycles. The van der Waals surface area contributed by atoms with Gasteiger partial charge in [-0.05, 0) is 37.3 Å². The molecule has 1 rings (SSSR count). The molecule has 0 spiro atoms. The fraction of sp³-hybridized carbons (Fsp3) is 0.588. The quantitative estimate of drug-likeness (QED) is 0.761. The minimum atomic E-state index is 0.489. The van der Waals surface area contributed by atoms with Crippen LogP contribution in [0.4, 0.5) is 5.69 Å². The lowest BCUT2D eigenvalue weighted by molar-refractivity contribution is 0.506. The van der Waals surface area contributed by atoms with Crippen molar-refractivity contribution in [1.29, 1.82) is 0 Å². The average molecular weight is 292 g/mol. The Balaban J connectivity index is 3.35. The van der Waals surface area contributed by atoms with Crippen LogP contribution in [0.2, 0.25) is 0 Å². The summed E-state index contributed by atoms with van der Waals surface area (Å²) in [5, 5.41) is 0. The largest absolute Gasteiger partial charge is 0.389 e. The first-order chi connectivity index (χ1) is 9.42. The van der Waals surface area contributed by atoms with Crippen LogP contribution in [0, 0.1) is 12.8 Å². The Morgan fingerprint density at radius 2 is 1.85 bits per heavy atom. The minimum absolute atomic E-state index is 0.489. The van der Waals surface area contributed by atoms with Crippen LogP contribution in [0.15, 0.2) is 18.2 Å². The van der Waals surface area contributed by atoms with Crippen LogP contribution in [0.25, 0.3) is 0 Å². The number of rotatable bonds is 7. The molecule has 0 aliphatic heterocycles. The molecule has 1 aromatic rings. The monoisotopic (exact) mass is 292 g/mol. The normalized spacial score (nSPS) is 11.2. The van der Waals surface area contributed by atoms with Crippen molar-refractivity contribution >= 4 is 22.9 Å². The zero-order valence-corrected chi connectivity index (χ0v) is 14.3. The highest BCUT2D eigenvalue weighted by molar-refractivity contribution is 7.80. The fourth-order valence-electron chi connectivity index (χ4n) is 2.78. The molecule has 0 aliphatic rings. The van der Waals surface area contributed by atoms with E-state index in [1.807, 2.05) is 12.1 Å². The molecule has 0 bridgehead atoms. The van der Waals surface area contributed by atoms with Crippen molar-refractivity contribution in [2.75, 3.05) is 11.4 Å². The van der Waals surface area contributed by atoms with Crippen LogP contribution >= 0.6 is 12.2 Å². The third-order valence-corrected chi connectivity index (χ3v) is 3.96. The molecule has 112 valence electrons. The van der Waals surface area contributed by atoms with Gasteiger partial charge in [-0.25, -0.2) is 0 Å². The van der Waals surface area contributed by atoms with Crippen LogP contribution in [-0.2, 0) is 0 Å². The lowest BCUT2D eigenvalue weighted by atomic mass is 10.0. The Kier molecular flexibility index (Phi) is 6.47. The third kappa shape index (κ3) is 3.95. The van der Waals surface area contributed by atoms with Crippen molar-refractivity contribution < 1.29 is 0 Å². The second-order valence-electron chi connectivity index (χ2n) is 5.85. The summed E-state index contributed by atoms with van der Waals surface area (Å²) in [5.74, 6) is 0.606. The predicted octanol–water partition coefficient (Wildman–Crippen LogP) is 4.28. The molecule has 0 unspecified atom stereocenters. The molecule has 0 saturated heterocycles. The number of aryl methyl sites for hydroxylation is 1. The van der Waals surface area contributed by atoms with E-state index in [0.717, 1.165) is 24.9 Å². The van der Waals surface area contributed by atoms with Crippen LogP contribution in [0.3, 0.4) is 0 Å². The third-order valence-electron chi connectivity index (χ3n) is 3.74. The Hall–Kier alpha value is -1.09.